The molecule has 0 atom stereocenters. The molecule has 2 heteroatoms. The molecule has 0 fully saturated rings. The molecule has 1 heterocycles. The van der Waals surface area contributed by atoms with Crippen LogP contribution in [-0.4, -0.2) is 12.5 Å². The van der Waals surface area contributed by atoms with Gasteiger partial charge in [-0.3, -0.25) is 4.79 Å². The van der Waals surface area contributed by atoms with Gasteiger partial charge in [0.15, 0.2) is 0 Å². The van der Waals surface area contributed by atoms with Crippen molar-refractivity contribution in [3.8, 4) is 0 Å². The SMILES string of the molecule is CC1(C)Cc2ccccc2N(C(=O)c2ccccc2)C1. The maximum atomic E-state index is 12.8. The summed E-state index contributed by atoms with van der Waals surface area (Å²) in [4.78, 5) is 14.7. The Morgan fingerprint density at radius 2 is 1.65 bits per heavy atom. The predicted octanol–water partition coefficient (Wildman–Crippen LogP) is 3.92. The summed E-state index contributed by atoms with van der Waals surface area (Å²) in [6.45, 7) is 5.19. The molecule has 0 aromatic heterocycles. The molecule has 1 aliphatic heterocycles. The van der Waals surface area contributed by atoms with Gasteiger partial charge in [-0.05, 0) is 35.6 Å². The first-order chi connectivity index (χ1) is 9.57. The molecule has 0 aliphatic carbocycles. The molecule has 2 nitrogen and oxygen atoms in total. The lowest BCUT2D eigenvalue weighted by Crippen LogP contribution is -2.44. The molecule has 1 aliphatic rings. The molecule has 0 saturated heterocycles. The molecule has 102 valence electrons. The zero-order chi connectivity index (χ0) is 14.2. The first kappa shape index (κ1) is 12.9. The number of benzene rings is 2. The van der Waals surface area contributed by atoms with Crippen LogP contribution in [-0.2, 0) is 6.42 Å². The van der Waals surface area contributed by atoms with E-state index in [4.69, 9.17) is 0 Å². The molecule has 20 heavy (non-hydrogen) atoms. The second kappa shape index (κ2) is 4.78. The molecule has 0 unspecified atom stereocenters. The topological polar surface area (TPSA) is 20.3 Å². The molecule has 1 amide bonds. The van der Waals surface area contributed by atoms with Crippen LogP contribution in [0.4, 0.5) is 5.69 Å². The Balaban J connectivity index is 2.03. The molecule has 0 N–H and O–H groups in total. The summed E-state index contributed by atoms with van der Waals surface area (Å²) in [5.74, 6) is 0.0887. The molecule has 2 aromatic carbocycles. The Hall–Kier alpha value is -2.09. The van der Waals surface area contributed by atoms with Gasteiger partial charge in [0.25, 0.3) is 5.91 Å². The third-order valence-corrected chi connectivity index (χ3v) is 3.80. The van der Waals surface area contributed by atoms with E-state index in [2.05, 4.69) is 19.9 Å². The number of carbonyl (C=O) groups is 1. The van der Waals surface area contributed by atoms with Crippen molar-refractivity contribution in [2.45, 2.75) is 20.3 Å². The van der Waals surface area contributed by atoms with Crippen molar-refractivity contribution in [3.05, 3.63) is 65.7 Å². The molecule has 0 radical (unpaired) electrons. The summed E-state index contributed by atoms with van der Waals surface area (Å²) in [7, 11) is 0. The van der Waals surface area contributed by atoms with E-state index in [1.807, 2.05) is 53.4 Å². The average Bonchev–Trinajstić information content (AvgIpc) is 2.45. The van der Waals surface area contributed by atoms with Crippen LogP contribution in [0, 0.1) is 5.41 Å². The van der Waals surface area contributed by atoms with Crippen LogP contribution in [0.25, 0.3) is 0 Å². The third-order valence-electron chi connectivity index (χ3n) is 3.80. The number of para-hydroxylation sites is 1. The Labute approximate surface area is 120 Å². The standard InChI is InChI=1S/C18H19NO/c1-18(2)12-15-10-6-7-11-16(15)19(13-18)17(20)14-8-4-3-5-9-14/h3-11H,12-13H2,1-2H3. The van der Waals surface area contributed by atoms with Crippen molar-refractivity contribution < 1.29 is 4.79 Å². The number of amides is 1. The maximum absolute atomic E-state index is 12.8. The summed E-state index contributed by atoms with van der Waals surface area (Å²) in [6.07, 6.45) is 1.02. The molecule has 3 rings (SSSR count). The highest BCUT2D eigenvalue weighted by Crippen LogP contribution is 2.36. The van der Waals surface area contributed by atoms with E-state index in [9.17, 15) is 4.79 Å². The van der Waals surface area contributed by atoms with Crippen molar-refractivity contribution >= 4 is 11.6 Å². The fraction of sp³-hybridized carbons (Fsp3) is 0.278. The molecular weight excluding hydrogens is 246 g/mol. The lowest BCUT2D eigenvalue weighted by atomic mass is 9.81. The van der Waals surface area contributed by atoms with Gasteiger partial charge in [-0.1, -0.05) is 50.2 Å². The van der Waals surface area contributed by atoms with Gasteiger partial charge in [0.1, 0.15) is 0 Å². The van der Waals surface area contributed by atoms with Crippen LogP contribution >= 0.6 is 0 Å². The highest BCUT2D eigenvalue weighted by Gasteiger charge is 2.33. The summed E-state index contributed by atoms with van der Waals surface area (Å²) < 4.78 is 0. The van der Waals surface area contributed by atoms with Gasteiger partial charge in [0.2, 0.25) is 0 Å². The quantitative estimate of drug-likeness (QED) is 0.765. The maximum Gasteiger partial charge on any atom is 0.258 e. The van der Waals surface area contributed by atoms with Gasteiger partial charge in [0.05, 0.1) is 0 Å². The number of rotatable bonds is 1. The number of hydrogen-bond donors (Lipinski definition) is 0. The van der Waals surface area contributed by atoms with E-state index >= 15 is 0 Å². The fourth-order valence-electron chi connectivity index (χ4n) is 2.93. The molecule has 0 saturated carbocycles. The minimum atomic E-state index is 0.0887. The fourth-order valence-corrected chi connectivity index (χ4v) is 2.93. The number of nitrogens with zero attached hydrogens (tertiary/aromatic N) is 1. The van der Waals surface area contributed by atoms with Gasteiger partial charge in [0, 0.05) is 17.8 Å². The van der Waals surface area contributed by atoms with Gasteiger partial charge in [-0.25, -0.2) is 0 Å². The molecule has 2 aromatic rings. The average molecular weight is 265 g/mol. The first-order valence-electron chi connectivity index (χ1n) is 7.02. The van der Waals surface area contributed by atoms with Crippen molar-refractivity contribution in [2.75, 3.05) is 11.4 Å². The van der Waals surface area contributed by atoms with Gasteiger partial charge in [-0.2, -0.15) is 0 Å². The number of hydrogen-bond acceptors (Lipinski definition) is 1. The van der Waals surface area contributed by atoms with Crippen LogP contribution in [0.3, 0.4) is 0 Å². The van der Waals surface area contributed by atoms with E-state index in [1.165, 1.54) is 5.56 Å². The van der Waals surface area contributed by atoms with Crippen LogP contribution in [0.1, 0.15) is 29.8 Å². The van der Waals surface area contributed by atoms with E-state index in [0.29, 0.717) is 0 Å². The number of carbonyl (C=O) groups excluding carboxylic acids is 1. The van der Waals surface area contributed by atoms with Crippen LogP contribution in [0.2, 0.25) is 0 Å². The summed E-state index contributed by atoms with van der Waals surface area (Å²) in [5, 5.41) is 0. The van der Waals surface area contributed by atoms with E-state index < -0.39 is 0 Å². The van der Waals surface area contributed by atoms with Gasteiger partial charge in [-0.15, -0.1) is 0 Å². The number of anilines is 1. The number of fused-ring (bicyclic) bond motifs is 1. The molecule has 0 spiro atoms. The Morgan fingerprint density at radius 1 is 1.00 bits per heavy atom. The minimum Gasteiger partial charge on any atom is -0.308 e. The first-order valence-corrected chi connectivity index (χ1v) is 7.02. The van der Waals surface area contributed by atoms with Crippen molar-refractivity contribution in [2.24, 2.45) is 5.41 Å². The largest absolute Gasteiger partial charge is 0.308 e. The predicted molar refractivity (Wildman–Crippen MR) is 82.0 cm³/mol. The highest BCUT2D eigenvalue weighted by molar-refractivity contribution is 6.06. The summed E-state index contributed by atoms with van der Waals surface area (Å²) in [6, 6.07) is 17.7. The second-order valence-corrected chi connectivity index (χ2v) is 6.23. The highest BCUT2D eigenvalue weighted by atomic mass is 16.2. The van der Waals surface area contributed by atoms with E-state index in [0.717, 1.165) is 24.2 Å². The van der Waals surface area contributed by atoms with Crippen LogP contribution in [0.15, 0.2) is 54.6 Å². The Kier molecular flexibility index (Phi) is 3.09. The van der Waals surface area contributed by atoms with Crippen molar-refractivity contribution in [1.29, 1.82) is 0 Å². The molecule has 0 bridgehead atoms. The third kappa shape index (κ3) is 2.34. The Morgan fingerprint density at radius 3 is 2.40 bits per heavy atom. The minimum absolute atomic E-state index is 0.0887. The smallest absolute Gasteiger partial charge is 0.258 e. The Bertz CT molecular complexity index is 631. The summed E-state index contributed by atoms with van der Waals surface area (Å²) in [5.41, 5.74) is 3.17. The summed E-state index contributed by atoms with van der Waals surface area (Å²) >= 11 is 0. The van der Waals surface area contributed by atoms with Crippen LogP contribution in [0.5, 0.6) is 0 Å². The van der Waals surface area contributed by atoms with Gasteiger partial charge < -0.3 is 4.90 Å². The second-order valence-electron chi connectivity index (χ2n) is 6.23. The lowest BCUT2D eigenvalue weighted by molar-refractivity contribution is 0.0971. The van der Waals surface area contributed by atoms with Crippen LogP contribution < -0.4 is 4.90 Å². The van der Waals surface area contributed by atoms with Crippen molar-refractivity contribution in [3.63, 3.8) is 0 Å². The zero-order valence-electron chi connectivity index (χ0n) is 12.0. The monoisotopic (exact) mass is 265 g/mol. The molecular formula is C18H19NO. The van der Waals surface area contributed by atoms with E-state index in [-0.39, 0.29) is 11.3 Å². The normalized spacial score (nSPS) is 16.6. The lowest BCUT2D eigenvalue weighted by Gasteiger charge is -2.39. The van der Waals surface area contributed by atoms with E-state index in [1.54, 1.807) is 0 Å². The van der Waals surface area contributed by atoms with Crippen molar-refractivity contribution in [1.82, 2.24) is 0 Å². The van der Waals surface area contributed by atoms with Gasteiger partial charge >= 0.3 is 0 Å². The zero-order valence-corrected chi connectivity index (χ0v) is 12.0.